The van der Waals surface area contributed by atoms with Crippen molar-refractivity contribution < 1.29 is 22.8 Å². The van der Waals surface area contributed by atoms with Crippen LogP contribution in [0.25, 0.3) is 0 Å². The summed E-state index contributed by atoms with van der Waals surface area (Å²) in [5.74, 6) is -0.983. The van der Waals surface area contributed by atoms with Gasteiger partial charge in [-0.25, -0.2) is 0 Å². The van der Waals surface area contributed by atoms with Gasteiger partial charge in [0.15, 0.2) is 0 Å². The molecule has 0 saturated carbocycles. The second kappa shape index (κ2) is 7.91. The predicted molar refractivity (Wildman–Crippen MR) is 59.9 cm³/mol. The summed E-state index contributed by atoms with van der Waals surface area (Å²) in [6, 6.07) is 0. The molecule has 0 aromatic carbocycles. The summed E-state index contributed by atoms with van der Waals surface area (Å²) < 4.78 is 35.3. The lowest BCUT2D eigenvalue weighted by Gasteiger charge is -2.18. The van der Waals surface area contributed by atoms with E-state index in [1.54, 1.807) is 10.2 Å². The maximum atomic E-state index is 11.8. The van der Waals surface area contributed by atoms with E-state index in [-0.39, 0.29) is 19.0 Å². The average molecular weight is 269 g/mol. The number of rotatable bonds is 7. The first-order chi connectivity index (χ1) is 8.30. The molecule has 8 heteroatoms. The Morgan fingerprint density at radius 1 is 1.11 bits per heavy atom. The Hall–Kier alpha value is -1.31. The van der Waals surface area contributed by atoms with Crippen LogP contribution in [0.1, 0.15) is 13.8 Å². The summed E-state index contributed by atoms with van der Waals surface area (Å²) in [7, 11) is 0. The van der Waals surface area contributed by atoms with Crippen LogP contribution in [0.4, 0.5) is 13.2 Å². The van der Waals surface area contributed by atoms with Crippen LogP contribution in [-0.2, 0) is 9.59 Å². The minimum atomic E-state index is -4.42. The Morgan fingerprint density at radius 2 is 1.67 bits per heavy atom. The number of alkyl halides is 3. The number of hydrogen-bond acceptors (Lipinski definition) is 3. The second-order valence-corrected chi connectivity index (χ2v) is 3.56. The molecule has 0 fully saturated rings. The van der Waals surface area contributed by atoms with Gasteiger partial charge in [-0.1, -0.05) is 0 Å². The van der Waals surface area contributed by atoms with E-state index in [9.17, 15) is 22.8 Å². The lowest BCUT2D eigenvalue weighted by atomic mass is 10.4. The summed E-state index contributed by atoms with van der Waals surface area (Å²) in [6.07, 6.45) is -4.42. The van der Waals surface area contributed by atoms with E-state index in [1.807, 2.05) is 13.8 Å². The number of hydrogen-bond donors (Lipinski definition) is 2. The van der Waals surface area contributed by atoms with Gasteiger partial charge in [-0.2, -0.15) is 13.2 Å². The Labute approximate surface area is 104 Å². The Kier molecular flexibility index (Phi) is 7.33. The molecule has 106 valence electrons. The Balaban J connectivity index is 3.78. The van der Waals surface area contributed by atoms with Crippen molar-refractivity contribution in [3.63, 3.8) is 0 Å². The molecular weight excluding hydrogens is 251 g/mol. The molecule has 0 aromatic rings. The van der Waals surface area contributed by atoms with Crippen molar-refractivity contribution in [2.45, 2.75) is 20.0 Å². The van der Waals surface area contributed by atoms with Gasteiger partial charge in [0.1, 0.15) is 6.54 Å². The van der Waals surface area contributed by atoms with Gasteiger partial charge in [-0.3, -0.25) is 14.9 Å². The van der Waals surface area contributed by atoms with Crippen LogP contribution in [0.3, 0.4) is 0 Å². The highest BCUT2D eigenvalue weighted by Gasteiger charge is 2.27. The molecule has 0 unspecified atom stereocenters. The highest BCUT2D eigenvalue weighted by Crippen LogP contribution is 2.11. The number of likely N-dealkylation sites (N-methyl/N-ethyl adjacent to an activating group) is 1. The first-order valence-electron chi connectivity index (χ1n) is 5.62. The van der Waals surface area contributed by atoms with Gasteiger partial charge in [0.05, 0.1) is 13.1 Å². The summed E-state index contributed by atoms with van der Waals surface area (Å²) in [5.41, 5.74) is 0. The average Bonchev–Trinajstić information content (AvgIpc) is 2.27. The molecular formula is C10H18F3N3O2. The third kappa shape index (κ3) is 7.88. The van der Waals surface area contributed by atoms with E-state index in [0.717, 1.165) is 0 Å². The molecule has 2 amide bonds. The van der Waals surface area contributed by atoms with Crippen molar-refractivity contribution in [1.82, 2.24) is 15.5 Å². The highest BCUT2D eigenvalue weighted by molar-refractivity contribution is 5.81. The van der Waals surface area contributed by atoms with Crippen LogP contribution >= 0.6 is 0 Å². The number of nitrogens with zero attached hydrogens (tertiary/aromatic N) is 1. The predicted octanol–water partition coefficient (Wildman–Crippen LogP) is 0.123. The SMILES string of the molecule is CCN(CC)C(=O)CNCC(=O)NCC(F)(F)F. The normalized spacial score (nSPS) is 11.2. The molecule has 2 N–H and O–H groups in total. The zero-order valence-corrected chi connectivity index (χ0v) is 10.4. The van der Waals surface area contributed by atoms with Gasteiger partial charge >= 0.3 is 6.18 Å². The third-order valence-electron chi connectivity index (χ3n) is 2.16. The largest absolute Gasteiger partial charge is 0.405 e. The maximum Gasteiger partial charge on any atom is 0.405 e. The smallest absolute Gasteiger partial charge is 0.346 e. The van der Waals surface area contributed by atoms with Crippen LogP contribution in [0.15, 0.2) is 0 Å². The van der Waals surface area contributed by atoms with Crippen LogP contribution < -0.4 is 10.6 Å². The molecule has 0 atom stereocenters. The second-order valence-electron chi connectivity index (χ2n) is 3.56. The van der Waals surface area contributed by atoms with Crippen LogP contribution in [0.5, 0.6) is 0 Å². The minimum Gasteiger partial charge on any atom is -0.346 e. The monoisotopic (exact) mass is 269 g/mol. The summed E-state index contributed by atoms with van der Waals surface area (Å²) >= 11 is 0. The molecule has 0 aromatic heterocycles. The van der Waals surface area contributed by atoms with E-state index < -0.39 is 18.6 Å². The highest BCUT2D eigenvalue weighted by atomic mass is 19.4. The lowest BCUT2D eigenvalue weighted by Crippen LogP contribution is -2.43. The summed E-state index contributed by atoms with van der Waals surface area (Å²) in [4.78, 5) is 24.0. The van der Waals surface area contributed by atoms with Crippen molar-refractivity contribution in [3.8, 4) is 0 Å². The molecule has 0 saturated heterocycles. The topological polar surface area (TPSA) is 61.4 Å². The molecule has 0 heterocycles. The van der Waals surface area contributed by atoms with Crippen molar-refractivity contribution in [3.05, 3.63) is 0 Å². The van der Waals surface area contributed by atoms with Crippen molar-refractivity contribution in [1.29, 1.82) is 0 Å². The molecule has 0 aliphatic rings. The number of nitrogens with one attached hydrogen (secondary N) is 2. The first-order valence-corrected chi connectivity index (χ1v) is 5.62. The number of halogens is 3. The molecule has 0 spiro atoms. The molecule has 0 rings (SSSR count). The molecule has 0 bridgehead atoms. The van der Waals surface area contributed by atoms with Gasteiger partial charge in [0.25, 0.3) is 0 Å². The van der Waals surface area contributed by atoms with Gasteiger partial charge in [-0.05, 0) is 13.8 Å². The fraction of sp³-hybridized carbons (Fsp3) is 0.800. The zero-order valence-electron chi connectivity index (χ0n) is 10.4. The number of carbonyl (C=O) groups excluding carboxylic acids is 2. The quantitative estimate of drug-likeness (QED) is 0.690. The summed E-state index contributed by atoms with van der Waals surface area (Å²) in [6.45, 7) is 2.99. The van der Waals surface area contributed by atoms with Gasteiger partial charge in [0, 0.05) is 13.1 Å². The molecule has 0 aliphatic carbocycles. The van der Waals surface area contributed by atoms with Crippen LogP contribution in [0.2, 0.25) is 0 Å². The van der Waals surface area contributed by atoms with Gasteiger partial charge in [0.2, 0.25) is 11.8 Å². The molecule has 0 aliphatic heterocycles. The van der Waals surface area contributed by atoms with Gasteiger partial charge in [-0.15, -0.1) is 0 Å². The summed E-state index contributed by atoms with van der Waals surface area (Å²) in [5, 5.41) is 4.20. The fourth-order valence-electron chi connectivity index (χ4n) is 1.23. The van der Waals surface area contributed by atoms with E-state index in [1.165, 1.54) is 0 Å². The number of amides is 2. The van der Waals surface area contributed by atoms with Crippen molar-refractivity contribution in [2.75, 3.05) is 32.7 Å². The van der Waals surface area contributed by atoms with Crippen LogP contribution in [0, 0.1) is 0 Å². The molecule has 18 heavy (non-hydrogen) atoms. The van der Waals surface area contributed by atoms with E-state index in [4.69, 9.17) is 0 Å². The minimum absolute atomic E-state index is 0.0683. The van der Waals surface area contributed by atoms with E-state index in [2.05, 4.69) is 5.32 Å². The van der Waals surface area contributed by atoms with Crippen molar-refractivity contribution >= 4 is 11.8 Å². The molecule has 5 nitrogen and oxygen atoms in total. The van der Waals surface area contributed by atoms with Crippen LogP contribution in [-0.4, -0.2) is 55.6 Å². The van der Waals surface area contributed by atoms with E-state index >= 15 is 0 Å². The van der Waals surface area contributed by atoms with Gasteiger partial charge < -0.3 is 10.2 Å². The maximum absolute atomic E-state index is 11.8. The number of carbonyl (C=O) groups is 2. The van der Waals surface area contributed by atoms with E-state index in [0.29, 0.717) is 13.1 Å². The standard InChI is InChI=1S/C10H18F3N3O2/c1-3-16(4-2)9(18)6-14-5-8(17)15-7-10(11,12)13/h14H,3-7H2,1-2H3,(H,15,17). The molecule has 0 radical (unpaired) electrons. The fourth-order valence-corrected chi connectivity index (χ4v) is 1.23. The van der Waals surface area contributed by atoms with Crippen molar-refractivity contribution in [2.24, 2.45) is 0 Å². The third-order valence-corrected chi connectivity index (χ3v) is 2.16. The Bertz CT molecular complexity index is 278. The zero-order chi connectivity index (χ0) is 14.2. The lowest BCUT2D eigenvalue weighted by molar-refractivity contribution is -0.138. The first kappa shape index (κ1) is 16.7. The Morgan fingerprint density at radius 3 is 2.11 bits per heavy atom.